The van der Waals surface area contributed by atoms with Crippen molar-refractivity contribution in [2.24, 2.45) is 0 Å². The van der Waals surface area contributed by atoms with Gasteiger partial charge in [0.1, 0.15) is 11.3 Å². The fourth-order valence-corrected chi connectivity index (χ4v) is 2.56. The van der Waals surface area contributed by atoms with E-state index >= 15 is 0 Å². The van der Waals surface area contributed by atoms with Gasteiger partial charge in [-0.2, -0.15) is 0 Å². The van der Waals surface area contributed by atoms with E-state index in [4.69, 9.17) is 15.8 Å². The van der Waals surface area contributed by atoms with Gasteiger partial charge < -0.3 is 19.7 Å². The number of ether oxygens (including phenoxy) is 1. The van der Waals surface area contributed by atoms with E-state index in [9.17, 15) is 14.6 Å². The molecule has 0 spiro atoms. The summed E-state index contributed by atoms with van der Waals surface area (Å²) in [6, 6.07) is 5.13. The minimum Gasteiger partial charge on any atom is -0.534 e. The minimum absolute atomic E-state index is 0.191. The Morgan fingerprint density at radius 2 is 2.32 bits per heavy atom. The number of terminal acetylenes is 1. The van der Waals surface area contributed by atoms with E-state index in [1.807, 2.05) is 6.92 Å². The van der Waals surface area contributed by atoms with Crippen LogP contribution >= 0.6 is 0 Å². The average Bonchev–Trinajstić information content (AvgIpc) is 2.60. The molecule has 0 saturated heterocycles. The normalized spacial score (nSPS) is 15.6. The van der Waals surface area contributed by atoms with Crippen molar-refractivity contribution in [3.63, 3.8) is 0 Å². The Morgan fingerprint density at radius 3 is 3.04 bits per heavy atom. The predicted octanol–water partition coefficient (Wildman–Crippen LogP) is 1.50. The Morgan fingerprint density at radius 1 is 1.52 bits per heavy atom. The number of nitrogens with one attached hydrogen (secondary N) is 1. The molecular formula is C18H22BNO5. The average molecular weight is 343 g/mol. The van der Waals surface area contributed by atoms with Crippen LogP contribution in [0.5, 0.6) is 5.75 Å². The zero-order valence-electron chi connectivity index (χ0n) is 14.3. The van der Waals surface area contributed by atoms with Crippen LogP contribution in [0.2, 0.25) is 0 Å². The van der Waals surface area contributed by atoms with Crippen LogP contribution in [0.3, 0.4) is 0 Å². The number of rotatable bonds is 7. The number of hydrogen-bond acceptors (Lipinski definition) is 5. The molecule has 0 aliphatic carbocycles. The first-order valence-electron chi connectivity index (χ1n) is 8.43. The second kappa shape index (κ2) is 9.14. The molecule has 1 amide bonds. The van der Waals surface area contributed by atoms with E-state index in [-0.39, 0.29) is 17.9 Å². The maximum absolute atomic E-state index is 12.2. The number of carbonyl (C=O) groups excluding carboxylic acids is 2. The lowest BCUT2D eigenvalue weighted by Crippen LogP contribution is -2.53. The van der Waals surface area contributed by atoms with Crippen molar-refractivity contribution >= 4 is 19.0 Å². The zero-order chi connectivity index (χ0) is 18.2. The number of amides is 1. The highest BCUT2D eigenvalue weighted by Gasteiger charge is 2.37. The number of hydrogen-bond donors (Lipinski definition) is 2. The number of fused-ring (bicyclic) bond motifs is 1. The molecule has 1 atom stereocenters. The van der Waals surface area contributed by atoms with E-state index < -0.39 is 19.0 Å². The Labute approximate surface area is 148 Å². The van der Waals surface area contributed by atoms with Gasteiger partial charge in [-0.05, 0) is 24.5 Å². The topological polar surface area (TPSA) is 84.9 Å². The Kier molecular flexibility index (Phi) is 6.90. The molecule has 2 N–H and O–H groups in total. The fraction of sp³-hybridized carbons (Fsp3) is 0.444. The first kappa shape index (κ1) is 18.9. The maximum atomic E-state index is 12.2. The van der Waals surface area contributed by atoms with Gasteiger partial charge in [0.25, 0.3) is 0 Å². The molecule has 0 aromatic heterocycles. The van der Waals surface area contributed by atoms with E-state index in [2.05, 4.69) is 11.2 Å². The van der Waals surface area contributed by atoms with Crippen molar-refractivity contribution in [1.29, 1.82) is 0 Å². The van der Waals surface area contributed by atoms with E-state index in [0.29, 0.717) is 25.2 Å². The molecule has 0 bridgehead atoms. The largest absolute Gasteiger partial charge is 0.547 e. The predicted molar refractivity (Wildman–Crippen MR) is 93.9 cm³/mol. The monoisotopic (exact) mass is 343 g/mol. The van der Waals surface area contributed by atoms with Crippen LogP contribution in [0.15, 0.2) is 18.2 Å². The van der Waals surface area contributed by atoms with Crippen LogP contribution < -0.4 is 9.97 Å². The molecule has 0 unspecified atom stereocenters. The zero-order valence-corrected chi connectivity index (χ0v) is 14.3. The second-order valence-electron chi connectivity index (χ2n) is 5.87. The summed E-state index contributed by atoms with van der Waals surface area (Å²) in [4.78, 5) is 24.0. The van der Waals surface area contributed by atoms with Crippen molar-refractivity contribution in [1.82, 2.24) is 5.32 Å². The third-order valence-electron chi connectivity index (χ3n) is 3.91. The van der Waals surface area contributed by atoms with E-state index in [1.165, 1.54) is 0 Å². The molecule has 0 saturated carbocycles. The third kappa shape index (κ3) is 5.01. The van der Waals surface area contributed by atoms with E-state index in [0.717, 1.165) is 18.4 Å². The maximum Gasteiger partial charge on any atom is 0.547 e. The van der Waals surface area contributed by atoms with Gasteiger partial charge in [-0.15, -0.1) is 12.3 Å². The number of benzene rings is 1. The standard InChI is InChI=1S/C18H22BNO5/c1-3-5-10-16(21)20-15-12-13-8-7-9-14(17(13)25-19(15)23)18(22)24-11-6-4-2/h1,7-9,15,23H,4-6,10-12H2,2H3,(H,20,21)/t15-/m0/s1. The minimum atomic E-state index is -1.24. The Bertz CT molecular complexity index is 670. The van der Waals surface area contributed by atoms with Crippen LogP contribution in [-0.2, 0) is 16.0 Å². The van der Waals surface area contributed by atoms with Crippen molar-refractivity contribution in [3.8, 4) is 18.1 Å². The van der Waals surface area contributed by atoms with Crippen LogP contribution in [0.1, 0.15) is 48.5 Å². The Hall–Kier alpha value is -2.46. The molecule has 1 aromatic rings. The van der Waals surface area contributed by atoms with Gasteiger partial charge in [-0.25, -0.2) is 4.79 Å². The summed E-state index contributed by atoms with van der Waals surface area (Å²) in [6.45, 7) is 2.35. The molecule has 0 radical (unpaired) electrons. The summed E-state index contributed by atoms with van der Waals surface area (Å²) in [7, 11) is -1.24. The molecule has 7 heteroatoms. The highest BCUT2D eigenvalue weighted by Crippen LogP contribution is 2.30. The number of para-hydroxylation sites is 1. The molecule has 6 nitrogen and oxygen atoms in total. The quantitative estimate of drug-likeness (QED) is 0.339. The fourth-order valence-electron chi connectivity index (χ4n) is 2.56. The molecule has 0 fully saturated rings. The summed E-state index contributed by atoms with van der Waals surface area (Å²) in [6.07, 6.45) is 7.74. The van der Waals surface area contributed by atoms with Gasteiger partial charge in [-0.1, -0.05) is 25.5 Å². The lowest BCUT2D eigenvalue weighted by molar-refractivity contribution is -0.121. The van der Waals surface area contributed by atoms with Crippen molar-refractivity contribution in [2.75, 3.05) is 6.61 Å². The summed E-state index contributed by atoms with van der Waals surface area (Å²) >= 11 is 0. The van der Waals surface area contributed by atoms with Crippen molar-refractivity contribution in [3.05, 3.63) is 29.3 Å². The smallest absolute Gasteiger partial charge is 0.534 e. The van der Waals surface area contributed by atoms with Gasteiger partial charge in [0.05, 0.1) is 12.5 Å². The van der Waals surface area contributed by atoms with Gasteiger partial charge in [0.15, 0.2) is 0 Å². The number of carbonyl (C=O) groups is 2. The molecular weight excluding hydrogens is 321 g/mol. The summed E-state index contributed by atoms with van der Waals surface area (Å²) in [5.74, 6) is 1.39. The SMILES string of the molecule is C#CCCC(=O)N[C@H]1Cc2cccc(C(=O)OCCCC)c2OB1O. The first-order valence-corrected chi connectivity index (χ1v) is 8.43. The van der Waals surface area contributed by atoms with Crippen LogP contribution in [0.4, 0.5) is 0 Å². The third-order valence-corrected chi connectivity index (χ3v) is 3.91. The molecule has 1 aliphatic rings. The second-order valence-corrected chi connectivity index (χ2v) is 5.87. The first-order chi connectivity index (χ1) is 12.1. The molecule has 25 heavy (non-hydrogen) atoms. The molecule has 1 aliphatic heterocycles. The van der Waals surface area contributed by atoms with Crippen molar-refractivity contribution < 1.29 is 24.0 Å². The summed E-state index contributed by atoms with van der Waals surface area (Å²) in [5.41, 5.74) is 1.02. The van der Waals surface area contributed by atoms with Gasteiger partial charge in [-0.3, -0.25) is 4.79 Å². The Balaban J connectivity index is 2.08. The summed E-state index contributed by atoms with van der Waals surface area (Å²) < 4.78 is 10.7. The van der Waals surface area contributed by atoms with Crippen LogP contribution in [-0.4, -0.2) is 36.6 Å². The van der Waals surface area contributed by atoms with Gasteiger partial charge in [0.2, 0.25) is 5.91 Å². The summed E-state index contributed by atoms with van der Waals surface area (Å²) in [5, 5.41) is 12.9. The van der Waals surface area contributed by atoms with Gasteiger partial charge in [0, 0.05) is 12.8 Å². The number of esters is 1. The van der Waals surface area contributed by atoms with Crippen molar-refractivity contribution in [2.45, 2.75) is 45.0 Å². The number of unbranched alkanes of at least 4 members (excludes halogenated alkanes) is 1. The molecule has 132 valence electrons. The van der Waals surface area contributed by atoms with Crippen LogP contribution in [0.25, 0.3) is 0 Å². The lowest BCUT2D eigenvalue weighted by atomic mass is 9.72. The molecule has 2 rings (SSSR count). The highest BCUT2D eigenvalue weighted by atomic mass is 16.5. The van der Waals surface area contributed by atoms with Crippen LogP contribution in [0, 0.1) is 12.3 Å². The molecule has 1 aromatic carbocycles. The lowest BCUT2D eigenvalue weighted by Gasteiger charge is -2.29. The van der Waals surface area contributed by atoms with Gasteiger partial charge >= 0.3 is 13.1 Å². The highest BCUT2D eigenvalue weighted by molar-refractivity contribution is 6.47. The van der Waals surface area contributed by atoms with E-state index in [1.54, 1.807) is 18.2 Å². The molecule has 1 heterocycles.